The van der Waals surface area contributed by atoms with Gasteiger partial charge in [0.05, 0.1) is 4.91 Å². The Bertz CT molecular complexity index is 868. The molecule has 1 aromatic heterocycles. The van der Waals surface area contributed by atoms with Gasteiger partial charge in [0.2, 0.25) is 5.91 Å². The molecular formula is C17H14BrN3O2S3. The predicted octanol–water partition coefficient (Wildman–Crippen LogP) is 4.53. The van der Waals surface area contributed by atoms with E-state index in [0.29, 0.717) is 33.7 Å². The van der Waals surface area contributed by atoms with Crippen LogP contribution in [-0.4, -0.2) is 32.6 Å². The molecule has 0 unspecified atom stereocenters. The Morgan fingerprint density at radius 1 is 1.42 bits per heavy atom. The largest absolute Gasteiger partial charge is 0.302 e. The maximum absolute atomic E-state index is 12.6. The highest BCUT2D eigenvalue weighted by molar-refractivity contribution is 9.10. The van der Waals surface area contributed by atoms with E-state index in [9.17, 15) is 9.59 Å². The number of rotatable bonds is 6. The number of carbonyl (C=O) groups excluding carboxylic acids is 2. The minimum Gasteiger partial charge on any atom is -0.302 e. The van der Waals surface area contributed by atoms with Crippen LogP contribution in [0, 0.1) is 0 Å². The highest BCUT2D eigenvalue weighted by Gasteiger charge is 2.31. The second kappa shape index (κ2) is 8.90. The second-order valence-corrected chi connectivity index (χ2v) is 8.86. The molecule has 0 radical (unpaired) electrons. The number of carbonyl (C=O) groups is 2. The highest BCUT2D eigenvalue weighted by atomic mass is 79.9. The number of thiocarbonyl (C=S) groups is 1. The number of thiazole rings is 1. The van der Waals surface area contributed by atoms with Crippen molar-refractivity contribution in [2.45, 2.75) is 12.8 Å². The molecule has 26 heavy (non-hydrogen) atoms. The second-order valence-electron chi connectivity index (χ2n) is 5.38. The highest BCUT2D eigenvalue weighted by Crippen LogP contribution is 2.33. The van der Waals surface area contributed by atoms with E-state index in [1.165, 1.54) is 23.1 Å². The van der Waals surface area contributed by atoms with Gasteiger partial charge in [-0.1, -0.05) is 52.0 Å². The van der Waals surface area contributed by atoms with Gasteiger partial charge in [-0.15, -0.1) is 11.3 Å². The fourth-order valence-electron chi connectivity index (χ4n) is 2.31. The Labute approximate surface area is 173 Å². The van der Waals surface area contributed by atoms with Crippen LogP contribution in [-0.2, 0) is 9.59 Å². The van der Waals surface area contributed by atoms with Crippen LogP contribution in [0.4, 0.5) is 5.13 Å². The van der Waals surface area contributed by atoms with E-state index >= 15 is 0 Å². The Balaban J connectivity index is 1.55. The molecule has 9 heteroatoms. The number of benzene rings is 1. The van der Waals surface area contributed by atoms with Crippen LogP contribution in [0.2, 0.25) is 0 Å². The number of nitrogens with one attached hydrogen (secondary N) is 1. The molecule has 2 amide bonds. The molecule has 1 saturated heterocycles. The van der Waals surface area contributed by atoms with E-state index in [1.54, 1.807) is 16.5 Å². The summed E-state index contributed by atoms with van der Waals surface area (Å²) >= 11 is 11.4. The van der Waals surface area contributed by atoms with Gasteiger partial charge in [-0.2, -0.15) is 0 Å². The van der Waals surface area contributed by atoms with E-state index in [4.69, 9.17) is 12.2 Å². The van der Waals surface area contributed by atoms with Gasteiger partial charge in [0.25, 0.3) is 5.91 Å². The first kappa shape index (κ1) is 19.2. The standard InChI is InChI=1S/C17H14BrN3O2S3/c18-12-4-1-3-11(9-12)10-13-15(23)21(17(24)26-13)7-2-5-14(22)20-16-19-6-8-25-16/h1,3-4,6,8-10H,2,5,7H2,(H,19,20,22)/b13-10-. The average molecular weight is 468 g/mol. The van der Waals surface area contributed by atoms with Crippen molar-refractivity contribution in [3.63, 3.8) is 0 Å². The van der Waals surface area contributed by atoms with Gasteiger partial charge in [0.15, 0.2) is 5.13 Å². The first-order chi connectivity index (χ1) is 12.5. The number of hydrogen-bond acceptors (Lipinski definition) is 6. The van der Waals surface area contributed by atoms with Gasteiger partial charge < -0.3 is 5.32 Å². The lowest BCUT2D eigenvalue weighted by Gasteiger charge is -2.13. The topological polar surface area (TPSA) is 62.3 Å². The molecule has 5 nitrogen and oxygen atoms in total. The summed E-state index contributed by atoms with van der Waals surface area (Å²) in [7, 11) is 0. The van der Waals surface area contributed by atoms with Crippen molar-refractivity contribution in [2.75, 3.05) is 11.9 Å². The first-order valence-electron chi connectivity index (χ1n) is 7.73. The van der Waals surface area contributed by atoms with Crippen molar-refractivity contribution in [2.24, 2.45) is 0 Å². The van der Waals surface area contributed by atoms with Crippen LogP contribution in [0.3, 0.4) is 0 Å². The van der Waals surface area contributed by atoms with Gasteiger partial charge in [-0.05, 0) is 30.2 Å². The fourth-order valence-corrected chi connectivity index (χ4v) is 4.58. The zero-order valence-electron chi connectivity index (χ0n) is 13.5. The summed E-state index contributed by atoms with van der Waals surface area (Å²) in [6, 6.07) is 7.72. The summed E-state index contributed by atoms with van der Waals surface area (Å²) < 4.78 is 1.48. The molecule has 134 valence electrons. The molecule has 0 saturated carbocycles. The summed E-state index contributed by atoms with van der Waals surface area (Å²) in [5, 5.41) is 5.11. The smallest absolute Gasteiger partial charge is 0.266 e. The SMILES string of the molecule is O=C(CCCN1C(=O)/C(=C/c2cccc(Br)c2)SC1=S)Nc1nccs1. The summed E-state index contributed by atoms with van der Waals surface area (Å²) in [5.74, 6) is -0.227. The van der Waals surface area contributed by atoms with Crippen molar-refractivity contribution in [3.8, 4) is 0 Å². The normalized spacial score (nSPS) is 15.7. The van der Waals surface area contributed by atoms with Crippen molar-refractivity contribution < 1.29 is 9.59 Å². The minimum atomic E-state index is -0.116. The van der Waals surface area contributed by atoms with Crippen LogP contribution >= 0.6 is 51.2 Å². The lowest BCUT2D eigenvalue weighted by molar-refractivity contribution is -0.122. The molecule has 1 N–H and O–H groups in total. The Morgan fingerprint density at radius 3 is 3.00 bits per heavy atom. The quantitative estimate of drug-likeness (QED) is 0.499. The lowest BCUT2D eigenvalue weighted by Crippen LogP contribution is -2.29. The molecule has 3 rings (SSSR count). The van der Waals surface area contributed by atoms with Crippen molar-refractivity contribution in [1.29, 1.82) is 0 Å². The van der Waals surface area contributed by atoms with Crippen LogP contribution < -0.4 is 5.32 Å². The molecule has 2 aromatic rings. The van der Waals surface area contributed by atoms with Gasteiger partial charge in [0.1, 0.15) is 4.32 Å². The van der Waals surface area contributed by atoms with E-state index in [2.05, 4.69) is 26.2 Å². The van der Waals surface area contributed by atoms with Gasteiger partial charge in [-0.3, -0.25) is 14.5 Å². The maximum Gasteiger partial charge on any atom is 0.266 e. The average Bonchev–Trinajstić information content (AvgIpc) is 3.18. The molecule has 1 aliphatic rings. The summed E-state index contributed by atoms with van der Waals surface area (Å²) in [6.45, 7) is 0.422. The number of thioether (sulfide) groups is 1. The molecule has 0 atom stereocenters. The minimum absolute atomic E-state index is 0.111. The number of amides is 2. The van der Waals surface area contributed by atoms with Crippen LogP contribution in [0.25, 0.3) is 6.08 Å². The van der Waals surface area contributed by atoms with E-state index in [1.807, 2.05) is 30.3 Å². The molecular weight excluding hydrogens is 454 g/mol. The summed E-state index contributed by atoms with van der Waals surface area (Å²) in [6.07, 6.45) is 4.31. The third-order valence-electron chi connectivity index (χ3n) is 3.48. The summed E-state index contributed by atoms with van der Waals surface area (Å²) in [4.78, 5) is 30.6. The number of aromatic nitrogens is 1. The van der Waals surface area contributed by atoms with Crippen molar-refractivity contribution in [3.05, 3.63) is 50.8 Å². The predicted molar refractivity (Wildman–Crippen MR) is 114 cm³/mol. The number of nitrogens with zero attached hydrogens (tertiary/aromatic N) is 2. The molecule has 0 aliphatic carbocycles. The summed E-state index contributed by atoms with van der Waals surface area (Å²) in [5.41, 5.74) is 0.933. The first-order valence-corrected chi connectivity index (χ1v) is 10.6. The monoisotopic (exact) mass is 467 g/mol. The molecule has 1 aliphatic heterocycles. The third kappa shape index (κ3) is 5.00. The van der Waals surface area contributed by atoms with Gasteiger partial charge in [0, 0.05) is 29.0 Å². The third-order valence-corrected chi connectivity index (χ3v) is 6.04. The Kier molecular flexibility index (Phi) is 6.58. The molecule has 1 fully saturated rings. The number of anilines is 1. The zero-order valence-corrected chi connectivity index (χ0v) is 17.5. The number of halogens is 1. The van der Waals surface area contributed by atoms with Crippen LogP contribution in [0.15, 0.2) is 45.2 Å². The van der Waals surface area contributed by atoms with Gasteiger partial charge >= 0.3 is 0 Å². The molecule has 0 spiro atoms. The fraction of sp³-hybridized carbons (Fsp3) is 0.176. The maximum atomic E-state index is 12.6. The Morgan fingerprint density at radius 2 is 2.27 bits per heavy atom. The Hall–Kier alpha value is -1.55. The zero-order chi connectivity index (χ0) is 18.5. The van der Waals surface area contributed by atoms with E-state index in [0.717, 1.165) is 10.0 Å². The van der Waals surface area contributed by atoms with E-state index in [-0.39, 0.29) is 11.8 Å². The lowest BCUT2D eigenvalue weighted by atomic mass is 10.2. The molecule has 2 heterocycles. The molecule has 1 aromatic carbocycles. The van der Waals surface area contributed by atoms with Crippen molar-refractivity contribution in [1.82, 2.24) is 9.88 Å². The van der Waals surface area contributed by atoms with E-state index < -0.39 is 0 Å². The van der Waals surface area contributed by atoms with Crippen LogP contribution in [0.1, 0.15) is 18.4 Å². The molecule has 0 bridgehead atoms. The number of hydrogen-bond donors (Lipinski definition) is 1. The van der Waals surface area contributed by atoms with Gasteiger partial charge in [-0.25, -0.2) is 4.98 Å². The van der Waals surface area contributed by atoms with Crippen LogP contribution in [0.5, 0.6) is 0 Å². The van der Waals surface area contributed by atoms with Crippen molar-refractivity contribution >= 4 is 78.6 Å².